The molecule has 26 heavy (non-hydrogen) atoms. The summed E-state index contributed by atoms with van der Waals surface area (Å²) >= 11 is 0. The van der Waals surface area contributed by atoms with Gasteiger partial charge in [-0.3, -0.25) is 4.79 Å². The minimum atomic E-state index is -0.0670. The molecule has 2 N–H and O–H groups in total. The molecule has 0 fully saturated rings. The van der Waals surface area contributed by atoms with Gasteiger partial charge in [0.2, 0.25) is 0 Å². The first-order valence-electron chi connectivity index (χ1n) is 8.81. The zero-order valence-electron chi connectivity index (χ0n) is 15.1. The van der Waals surface area contributed by atoms with Crippen molar-refractivity contribution in [3.63, 3.8) is 0 Å². The van der Waals surface area contributed by atoms with Gasteiger partial charge < -0.3 is 15.2 Å². The molecular formula is C21H24N4O. The van der Waals surface area contributed by atoms with E-state index in [0.717, 1.165) is 11.4 Å². The summed E-state index contributed by atoms with van der Waals surface area (Å²) in [5, 5.41) is 6.52. The van der Waals surface area contributed by atoms with E-state index in [-0.39, 0.29) is 11.9 Å². The Labute approximate surface area is 154 Å². The third-order valence-corrected chi connectivity index (χ3v) is 4.35. The number of para-hydroxylation sites is 1. The Morgan fingerprint density at radius 2 is 1.81 bits per heavy atom. The topological polar surface area (TPSA) is 59.0 Å². The highest BCUT2D eigenvalue weighted by Crippen LogP contribution is 2.13. The molecule has 0 radical (unpaired) electrons. The van der Waals surface area contributed by atoms with Gasteiger partial charge in [-0.2, -0.15) is 0 Å². The van der Waals surface area contributed by atoms with E-state index in [9.17, 15) is 4.79 Å². The molecule has 0 bridgehead atoms. The van der Waals surface area contributed by atoms with Gasteiger partial charge in [-0.25, -0.2) is 4.98 Å². The maximum Gasteiger partial charge on any atom is 0.251 e. The largest absolute Gasteiger partial charge is 0.380 e. The second-order valence-corrected chi connectivity index (χ2v) is 6.59. The summed E-state index contributed by atoms with van der Waals surface area (Å²) in [6.45, 7) is 4.86. The maximum absolute atomic E-state index is 12.5. The van der Waals surface area contributed by atoms with E-state index in [2.05, 4.69) is 29.5 Å². The van der Waals surface area contributed by atoms with Gasteiger partial charge in [-0.1, -0.05) is 32.0 Å². The van der Waals surface area contributed by atoms with Crippen molar-refractivity contribution in [2.75, 3.05) is 11.9 Å². The molecule has 1 heterocycles. The number of imidazole rings is 1. The van der Waals surface area contributed by atoms with Gasteiger partial charge in [-0.15, -0.1) is 0 Å². The van der Waals surface area contributed by atoms with Crippen molar-refractivity contribution < 1.29 is 4.79 Å². The highest BCUT2D eigenvalue weighted by atomic mass is 16.1. The summed E-state index contributed by atoms with van der Waals surface area (Å²) in [5.41, 5.74) is 2.69. The van der Waals surface area contributed by atoms with E-state index in [1.807, 2.05) is 65.4 Å². The van der Waals surface area contributed by atoms with Crippen LogP contribution in [0.4, 0.5) is 5.69 Å². The highest BCUT2D eigenvalue weighted by Gasteiger charge is 2.15. The van der Waals surface area contributed by atoms with Crippen LogP contribution in [0.15, 0.2) is 73.3 Å². The van der Waals surface area contributed by atoms with Crippen LogP contribution in [0, 0.1) is 5.92 Å². The van der Waals surface area contributed by atoms with E-state index in [0.29, 0.717) is 18.0 Å². The number of amides is 1. The molecule has 0 saturated heterocycles. The zero-order valence-corrected chi connectivity index (χ0v) is 15.1. The number of anilines is 1. The highest BCUT2D eigenvalue weighted by molar-refractivity contribution is 5.94. The van der Waals surface area contributed by atoms with Crippen molar-refractivity contribution >= 4 is 11.6 Å². The van der Waals surface area contributed by atoms with Crippen LogP contribution in [-0.2, 0) is 0 Å². The van der Waals surface area contributed by atoms with Crippen LogP contribution in [0.3, 0.4) is 0 Å². The van der Waals surface area contributed by atoms with Gasteiger partial charge in [0.15, 0.2) is 0 Å². The minimum absolute atomic E-state index is 0.0670. The van der Waals surface area contributed by atoms with E-state index in [1.54, 1.807) is 12.5 Å². The first kappa shape index (κ1) is 17.7. The number of aromatic nitrogens is 2. The molecule has 5 nitrogen and oxygen atoms in total. The molecule has 0 aliphatic carbocycles. The lowest BCUT2D eigenvalue weighted by Crippen LogP contribution is -2.39. The van der Waals surface area contributed by atoms with Crippen molar-refractivity contribution in [1.82, 2.24) is 14.9 Å². The first-order valence-corrected chi connectivity index (χ1v) is 8.81. The summed E-state index contributed by atoms with van der Waals surface area (Å²) in [5.74, 6) is 0.321. The van der Waals surface area contributed by atoms with Crippen molar-refractivity contribution in [2.24, 2.45) is 5.92 Å². The molecule has 0 spiro atoms. The molecule has 0 aliphatic rings. The van der Waals surface area contributed by atoms with Gasteiger partial charge in [0.05, 0.1) is 6.33 Å². The molecule has 2 aromatic carbocycles. The average Bonchev–Trinajstić information content (AvgIpc) is 3.20. The number of hydrogen-bond donors (Lipinski definition) is 2. The lowest BCUT2D eigenvalue weighted by Gasteiger charge is -2.24. The van der Waals surface area contributed by atoms with Gasteiger partial charge in [0, 0.05) is 41.9 Å². The number of benzene rings is 2. The third-order valence-electron chi connectivity index (χ3n) is 4.35. The fourth-order valence-electron chi connectivity index (χ4n) is 2.70. The SMILES string of the molecule is CC(C)C(CNC(=O)c1ccc(-n2ccnc2)cc1)Nc1ccccc1. The van der Waals surface area contributed by atoms with E-state index in [4.69, 9.17) is 0 Å². The van der Waals surface area contributed by atoms with Crippen LogP contribution in [0.2, 0.25) is 0 Å². The Morgan fingerprint density at radius 1 is 1.08 bits per heavy atom. The summed E-state index contributed by atoms with van der Waals surface area (Å²) in [7, 11) is 0. The second kappa shape index (κ2) is 8.34. The van der Waals surface area contributed by atoms with E-state index >= 15 is 0 Å². The average molecular weight is 348 g/mol. The number of carbonyl (C=O) groups is 1. The fourth-order valence-corrected chi connectivity index (χ4v) is 2.70. The fraction of sp³-hybridized carbons (Fsp3) is 0.238. The van der Waals surface area contributed by atoms with Gasteiger partial charge >= 0.3 is 0 Å². The Morgan fingerprint density at radius 3 is 2.42 bits per heavy atom. The van der Waals surface area contributed by atoms with Crippen LogP contribution in [0.25, 0.3) is 5.69 Å². The van der Waals surface area contributed by atoms with Crippen LogP contribution in [-0.4, -0.2) is 28.0 Å². The lowest BCUT2D eigenvalue weighted by molar-refractivity contribution is 0.0950. The first-order chi connectivity index (χ1) is 12.6. The Balaban J connectivity index is 1.59. The molecule has 0 saturated carbocycles. The summed E-state index contributed by atoms with van der Waals surface area (Å²) in [6.07, 6.45) is 5.33. The summed E-state index contributed by atoms with van der Waals surface area (Å²) in [4.78, 5) is 16.5. The van der Waals surface area contributed by atoms with Crippen molar-refractivity contribution in [2.45, 2.75) is 19.9 Å². The number of carbonyl (C=O) groups excluding carboxylic acids is 1. The Bertz CT molecular complexity index is 811. The van der Waals surface area contributed by atoms with E-state index in [1.165, 1.54) is 0 Å². The predicted octanol–water partition coefficient (Wildman–Crippen LogP) is 3.74. The maximum atomic E-state index is 12.5. The van der Waals surface area contributed by atoms with Crippen LogP contribution >= 0.6 is 0 Å². The number of hydrogen-bond acceptors (Lipinski definition) is 3. The summed E-state index contributed by atoms with van der Waals surface area (Å²) in [6, 6.07) is 17.7. The van der Waals surface area contributed by atoms with Crippen LogP contribution in [0.5, 0.6) is 0 Å². The molecule has 3 aromatic rings. The molecular weight excluding hydrogens is 324 g/mol. The quantitative estimate of drug-likeness (QED) is 0.684. The molecule has 0 aliphatic heterocycles. The molecule has 1 amide bonds. The number of rotatable bonds is 7. The van der Waals surface area contributed by atoms with Crippen LogP contribution < -0.4 is 10.6 Å². The van der Waals surface area contributed by atoms with Crippen molar-refractivity contribution in [3.05, 3.63) is 78.9 Å². The predicted molar refractivity (Wildman–Crippen MR) is 105 cm³/mol. The van der Waals surface area contributed by atoms with Crippen molar-refractivity contribution in [3.8, 4) is 5.69 Å². The number of nitrogens with zero attached hydrogens (tertiary/aromatic N) is 2. The molecule has 134 valence electrons. The standard InChI is InChI=1S/C21H24N4O/c1-16(2)20(24-18-6-4-3-5-7-18)14-23-21(26)17-8-10-19(11-9-17)25-13-12-22-15-25/h3-13,15-16,20,24H,14H2,1-2H3,(H,23,26). The number of nitrogens with one attached hydrogen (secondary N) is 2. The smallest absolute Gasteiger partial charge is 0.251 e. The van der Waals surface area contributed by atoms with Crippen LogP contribution in [0.1, 0.15) is 24.2 Å². The summed E-state index contributed by atoms with van der Waals surface area (Å²) < 4.78 is 1.90. The normalized spacial score (nSPS) is 12.0. The molecule has 5 heteroatoms. The monoisotopic (exact) mass is 348 g/mol. The van der Waals surface area contributed by atoms with Crippen molar-refractivity contribution in [1.29, 1.82) is 0 Å². The van der Waals surface area contributed by atoms with Gasteiger partial charge in [0.25, 0.3) is 5.91 Å². The Kier molecular flexibility index (Phi) is 5.69. The molecule has 3 rings (SSSR count). The lowest BCUT2D eigenvalue weighted by atomic mass is 10.0. The molecule has 1 aromatic heterocycles. The van der Waals surface area contributed by atoms with E-state index < -0.39 is 0 Å². The zero-order chi connectivity index (χ0) is 18.4. The Hall–Kier alpha value is -3.08. The minimum Gasteiger partial charge on any atom is -0.380 e. The molecule has 1 unspecified atom stereocenters. The molecule has 1 atom stereocenters. The van der Waals surface area contributed by atoms with Gasteiger partial charge in [-0.05, 0) is 42.3 Å². The third kappa shape index (κ3) is 4.51. The van der Waals surface area contributed by atoms with Gasteiger partial charge in [0.1, 0.15) is 0 Å². The second-order valence-electron chi connectivity index (χ2n) is 6.59.